The first kappa shape index (κ1) is 22.4. The smallest absolute Gasteiger partial charge is 0.244 e. The molecule has 0 radical (unpaired) electrons. The third kappa shape index (κ3) is 4.17. The Bertz CT molecular complexity index is 1730. The fourth-order valence-electron chi connectivity index (χ4n) is 4.56. The monoisotopic (exact) mass is 489 g/mol. The number of nitrogens with zero attached hydrogens (tertiary/aromatic N) is 3. The molecule has 0 spiro atoms. The van der Waals surface area contributed by atoms with Gasteiger partial charge in [-0.3, -0.25) is 4.79 Å². The number of amides is 1. The number of para-hydroxylation sites is 1. The van der Waals surface area contributed by atoms with Crippen LogP contribution in [0.2, 0.25) is 0 Å². The average molecular weight is 490 g/mol. The van der Waals surface area contributed by atoms with E-state index in [1.54, 1.807) is 18.2 Å². The lowest BCUT2D eigenvalue weighted by molar-refractivity contribution is -0.116. The molecule has 0 saturated carbocycles. The molecule has 0 fully saturated rings. The summed E-state index contributed by atoms with van der Waals surface area (Å²) >= 11 is 0. The number of anilines is 1. The van der Waals surface area contributed by atoms with Crippen molar-refractivity contribution in [3.8, 4) is 17.6 Å². The molecule has 1 amide bonds. The number of H-pyrrole nitrogens is 1. The van der Waals surface area contributed by atoms with Gasteiger partial charge in [0.2, 0.25) is 12.7 Å². The van der Waals surface area contributed by atoms with Crippen LogP contribution >= 0.6 is 0 Å². The molecule has 8 nitrogen and oxygen atoms in total. The first-order valence-corrected chi connectivity index (χ1v) is 11.8. The molecule has 0 atom stereocenters. The third-order valence-corrected chi connectivity index (χ3v) is 6.56. The molecule has 1 aliphatic heterocycles. The standard InChI is InChI=1S/C29H23N5O3/c1-17-9-23-24(10-18(17)2)33-29(32-23)19(13-30)11-20-14-34(25-6-4-3-5-22(20)25)15-28(35)31-21-7-8-26-27(12-21)37-16-36-26/h3-12,14H,15-16H2,1-2H3,(H,31,35)(H,32,33)/b19-11+. The molecule has 0 unspecified atom stereocenters. The Kier molecular flexibility index (Phi) is 5.38. The summed E-state index contributed by atoms with van der Waals surface area (Å²) in [6.45, 7) is 4.37. The van der Waals surface area contributed by atoms with Crippen LogP contribution in [0.5, 0.6) is 11.5 Å². The van der Waals surface area contributed by atoms with E-state index in [4.69, 9.17) is 9.47 Å². The Morgan fingerprint density at radius 3 is 2.81 bits per heavy atom. The number of nitriles is 1. The van der Waals surface area contributed by atoms with Crippen molar-refractivity contribution >= 4 is 45.2 Å². The lowest BCUT2D eigenvalue weighted by atomic mass is 10.1. The lowest BCUT2D eigenvalue weighted by Crippen LogP contribution is -2.18. The Balaban J connectivity index is 1.31. The highest BCUT2D eigenvalue weighted by atomic mass is 16.7. The normalized spacial score (nSPS) is 12.7. The van der Waals surface area contributed by atoms with Gasteiger partial charge in [0.25, 0.3) is 0 Å². The zero-order valence-electron chi connectivity index (χ0n) is 20.3. The number of carbonyl (C=O) groups is 1. The van der Waals surface area contributed by atoms with E-state index in [1.165, 1.54) is 0 Å². The Morgan fingerprint density at radius 2 is 1.95 bits per heavy atom. The van der Waals surface area contributed by atoms with Crippen LogP contribution in [-0.2, 0) is 11.3 Å². The SMILES string of the molecule is Cc1cc2nc(/C(C#N)=C/c3cn(CC(=O)Nc4ccc5c(c4)OCO5)c4ccccc34)[nH]c2cc1C. The summed E-state index contributed by atoms with van der Waals surface area (Å²) in [5.41, 5.74) is 6.79. The van der Waals surface area contributed by atoms with Crippen LogP contribution in [0.15, 0.2) is 60.8 Å². The van der Waals surface area contributed by atoms with Crippen molar-refractivity contribution in [3.63, 3.8) is 0 Å². The minimum atomic E-state index is -0.182. The number of aromatic nitrogens is 3. The van der Waals surface area contributed by atoms with Gasteiger partial charge < -0.3 is 24.3 Å². The molecule has 0 bridgehead atoms. The van der Waals surface area contributed by atoms with Gasteiger partial charge in [0, 0.05) is 34.4 Å². The molecular formula is C29H23N5O3. The average Bonchev–Trinajstić information content (AvgIpc) is 3.60. The molecule has 0 saturated heterocycles. The van der Waals surface area contributed by atoms with Gasteiger partial charge in [-0.2, -0.15) is 5.26 Å². The second kappa shape index (κ2) is 8.88. The van der Waals surface area contributed by atoms with E-state index in [-0.39, 0.29) is 19.2 Å². The van der Waals surface area contributed by atoms with E-state index in [1.807, 2.05) is 67.1 Å². The molecule has 182 valence electrons. The minimum Gasteiger partial charge on any atom is -0.454 e. The number of imidazole rings is 1. The van der Waals surface area contributed by atoms with Crippen molar-refractivity contribution in [2.45, 2.75) is 20.4 Å². The molecule has 8 heteroatoms. The molecule has 3 aromatic carbocycles. The van der Waals surface area contributed by atoms with Gasteiger partial charge in [0.05, 0.1) is 16.6 Å². The van der Waals surface area contributed by atoms with Crippen LogP contribution in [0, 0.1) is 25.2 Å². The van der Waals surface area contributed by atoms with Gasteiger partial charge in [0.1, 0.15) is 18.4 Å². The summed E-state index contributed by atoms with van der Waals surface area (Å²) in [6.07, 6.45) is 3.70. The number of hydrogen-bond acceptors (Lipinski definition) is 5. The van der Waals surface area contributed by atoms with E-state index in [0.717, 1.165) is 38.6 Å². The maximum atomic E-state index is 12.9. The fourth-order valence-corrected chi connectivity index (χ4v) is 4.56. The van der Waals surface area contributed by atoms with E-state index in [9.17, 15) is 10.1 Å². The van der Waals surface area contributed by atoms with Gasteiger partial charge in [-0.05, 0) is 61.4 Å². The highest BCUT2D eigenvalue weighted by Crippen LogP contribution is 2.34. The van der Waals surface area contributed by atoms with Crippen LogP contribution < -0.4 is 14.8 Å². The molecule has 6 rings (SSSR count). The van der Waals surface area contributed by atoms with E-state index >= 15 is 0 Å². The molecule has 2 N–H and O–H groups in total. The first-order valence-electron chi connectivity index (χ1n) is 11.8. The number of hydrogen-bond donors (Lipinski definition) is 2. The Hall–Kier alpha value is -5.03. The number of aryl methyl sites for hydroxylation is 2. The van der Waals surface area contributed by atoms with Crippen LogP contribution in [0.25, 0.3) is 33.6 Å². The number of fused-ring (bicyclic) bond motifs is 3. The van der Waals surface area contributed by atoms with Crippen molar-refractivity contribution in [1.82, 2.24) is 14.5 Å². The Labute approximate surface area is 212 Å². The van der Waals surface area contributed by atoms with Crippen molar-refractivity contribution in [2.24, 2.45) is 0 Å². The maximum Gasteiger partial charge on any atom is 0.244 e. The molecule has 5 aromatic rings. The predicted octanol–water partition coefficient (Wildman–Crippen LogP) is 5.57. The van der Waals surface area contributed by atoms with Crippen molar-refractivity contribution in [2.75, 3.05) is 12.1 Å². The highest BCUT2D eigenvalue weighted by molar-refractivity contribution is 5.99. The van der Waals surface area contributed by atoms with Crippen molar-refractivity contribution in [1.29, 1.82) is 5.26 Å². The summed E-state index contributed by atoms with van der Waals surface area (Å²) in [5, 5.41) is 13.8. The Morgan fingerprint density at radius 1 is 1.14 bits per heavy atom. The van der Waals surface area contributed by atoms with Crippen LogP contribution in [0.4, 0.5) is 5.69 Å². The number of carbonyl (C=O) groups excluding carboxylic acids is 1. The zero-order valence-corrected chi connectivity index (χ0v) is 20.3. The second-order valence-electron chi connectivity index (χ2n) is 9.05. The second-order valence-corrected chi connectivity index (χ2v) is 9.05. The molecule has 3 heterocycles. The van der Waals surface area contributed by atoms with Crippen molar-refractivity contribution < 1.29 is 14.3 Å². The van der Waals surface area contributed by atoms with Gasteiger partial charge >= 0.3 is 0 Å². The molecule has 0 aliphatic carbocycles. The summed E-state index contributed by atoms with van der Waals surface area (Å²) in [7, 11) is 0. The van der Waals surface area contributed by atoms with Crippen LogP contribution in [0.1, 0.15) is 22.5 Å². The third-order valence-electron chi connectivity index (χ3n) is 6.56. The van der Waals surface area contributed by atoms with Crippen LogP contribution in [0.3, 0.4) is 0 Å². The number of aromatic amines is 1. The number of nitrogens with one attached hydrogen (secondary N) is 2. The van der Waals surface area contributed by atoms with Crippen LogP contribution in [-0.4, -0.2) is 27.2 Å². The number of ether oxygens (including phenoxy) is 2. The first-order chi connectivity index (χ1) is 18.0. The lowest BCUT2D eigenvalue weighted by Gasteiger charge is -2.08. The molecule has 37 heavy (non-hydrogen) atoms. The number of benzene rings is 3. The van der Waals surface area contributed by atoms with Gasteiger partial charge in [-0.25, -0.2) is 4.98 Å². The van der Waals surface area contributed by atoms with E-state index in [0.29, 0.717) is 28.6 Å². The fraction of sp³-hybridized carbons (Fsp3) is 0.138. The van der Waals surface area contributed by atoms with Gasteiger partial charge in [0.15, 0.2) is 11.5 Å². The topological polar surface area (TPSA) is 105 Å². The summed E-state index contributed by atoms with van der Waals surface area (Å²) in [4.78, 5) is 20.8. The van der Waals surface area contributed by atoms with E-state index < -0.39 is 0 Å². The number of allylic oxidation sites excluding steroid dienone is 1. The number of rotatable bonds is 5. The van der Waals surface area contributed by atoms with Crippen molar-refractivity contribution in [3.05, 3.63) is 83.3 Å². The zero-order chi connectivity index (χ0) is 25.5. The van der Waals surface area contributed by atoms with E-state index in [2.05, 4.69) is 21.4 Å². The molecule has 2 aromatic heterocycles. The maximum absolute atomic E-state index is 12.9. The minimum absolute atomic E-state index is 0.105. The summed E-state index contributed by atoms with van der Waals surface area (Å²) in [5.74, 6) is 1.60. The summed E-state index contributed by atoms with van der Waals surface area (Å²) in [6, 6.07) is 19.4. The molecule has 1 aliphatic rings. The van der Waals surface area contributed by atoms with Gasteiger partial charge in [-0.15, -0.1) is 0 Å². The quantitative estimate of drug-likeness (QED) is 0.314. The van der Waals surface area contributed by atoms with Gasteiger partial charge in [-0.1, -0.05) is 18.2 Å². The predicted molar refractivity (Wildman–Crippen MR) is 142 cm³/mol. The summed E-state index contributed by atoms with van der Waals surface area (Å²) < 4.78 is 12.6. The largest absolute Gasteiger partial charge is 0.454 e. The highest BCUT2D eigenvalue weighted by Gasteiger charge is 2.16. The molecular weight excluding hydrogens is 466 g/mol.